The maximum absolute atomic E-state index is 11.9. The lowest BCUT2D eigenvalue weighted by Crippen LogP contribution is -2.15. The van der Waals surface area contributed by atoms with Gasteiger partial charge in [0, 0.05) is 11.4 Å². The molecule has 0 aliphatic heterocycles. The molecular formula is C15H16N2O2. The molecule has 19 heavy (non-hydrogen) atoms. The van der Waals surface area contributed by atoms with Crippen LogP contribution in [0.3, 0.4) is 0 Å². The second-order valence-electron chi connectivity index (χ2n) is 4.15. The Hall–Kier alpha value is -2.49. The van der Waals surface area contributed by atoms with Crippen molar-refractivity contribution >= 4 is 17.3 Å². The molecule has 4 heteroatoms. The molecule has 0 spiro atoms. The van der Waals surface area contributed by atoms with E-state index in [1.54, 1.807) is 37.4 Å². The lowest BCUT2D eigenvalue weighted by Gasteiger charge is -2.07. The molecule has 3 N–H and O–H groups in total. The second kappa shape index (κ2) is 5.91. The molecule has 98 valence electrons. The Kier molecular flexibility index (Phi) is 4.03. The van der Waals surface area contributed by atoms with E-state index in [0.717, 1.165) is 17.0 Å². The van der Waals surface area contributed by atoms with Crippen LogP contribution in [0.2, 0.25) is 0 Å². The van der Waals surface area contributed by atoms with Crippen LogP contribution in [-0.4, -0.2) is 13.0 Å². The molecule has 0 saturated carbocycles. The van der Waals surface area contributed by atoms with Crippen LogP contribution in [0.4, 0.5) is 11.4 Å². The van der Waals surface area contributed by atoms with Crippen molar-refractivity contribution in [1.82, 2.24) is 0 Å². The quantitative estimate of drug-likeness (QED) is 0.826. The minimum absolute atomic E-state index is 0.0944. The molecule has 0 aromatic heterocycles. The summed E-state index contributed by atoms with van der Waals surface area (Å²) in [6.45, 7) is 0. The van der Waals surface area contributed by atoms with E-state index >= 15 is 0 Å². The summed E-state index contributed by atoms with van der Waals surface area (Å²) < 4.78 is 5.06. The monoisotopic (exact) mass is 256 g/mol. The van der Waals surface area contributed by atoms with E-state index in [-0.39, 0.29) is 12.3 Å². The van der Waals surface area contributed by atoms with Gasteiger partial charge in [-0.2, -0.15) is 0 Å². The zero-order chi connectivity index (χ0) is 13.7. The van der Waals surface area contributed by atoms with Crippen LogP contribution < -0.4 is 15.8 Å². The van der Waals surface area contributed by atoms with Crippen molar-refractivity contribution in [3.8, 4) is 5.75 Å². The Labute approximate surface area is 112 Å². The average molecular weight is 256 g/mol. The summed E-state index contributed by atoms with van der Waals surface area (Å²) in [7, 11) is 1.60. The first kappa shape index (κ1) is 13.0. The zero-order valence-corrected chi connectivity index (χ0v) is 10.7. The SMILES string of the molecule is COc1ccc(NC(=O)Cc2ccccc2N)cc1. The molecule has 0 bridgehead atoms. The van der Waals surface area contributed by atoms with E-state index in [1.807, 2.05) is 18.2 Å². The molecule has 2 aromatic carbocycles. The number of rotatable bonds is 4. The Morgan fingerprint density at radius 1 is 1.16 bits per heavy atom. The summed E-state index contributed by atoms with van der Waals surface area (Å²) in [6, 6.07) is 14.5. The fourth-order valence-corrected chi connectivity index (χ4v) is 1.75. The molecule has 0 radical (unpaired) electrons. The highest BCUT2D eigenvalue weighted by molar-refractivity contribution is 5.93. The number of nitrogen functional groups attached to an aromatic ring is 1. The molecule has 0 atom stereocenters. The highest BCUT2D eigenvalue weighted by Crippen LogP contribution is 2.16. The van der Waals surface area contributed by atoms with E-state index in [2.05, 4.69) is 5.32 Å². The number of para-hydroxylation sites is 1. The predicted octanol–water partition coefficient (Wildman–Crippen LogP) is 2.46. The minimum Gasteiger partial charge on any atom is -0.497 e. The van der Waals surface area contributed by atoms with Gasteiger partial charge in [-0.25, -0.2) is 0 Å². The van der Waals surface area contributed by atoms with Gasteiger partial charge in [-0.1, -0.05) is 18.2 Å². The average Bonchev–Trinajstić information content (AvgIpc) is 2.42. The van der Waals surface area contributed by atoms with Gasteiger partial charge in [-0.15, -0.1) is 0 Å². The van der Waals surface area contributed by atoms with Crippen molar-refractivity contribution in [2.24, 2.45) is 0 Å². The van der Waals surface area contributed by atoms with Gasteiger partial charge in [0.2, 0.25) is 5.91 Å². The van der Waals surface area contributed by atoms with Crippen molar-refractivity contribution in [3.63, 3.8) is 0 Å². The Bertz CT molecular complexity index is 565. The highest BCUT2D eigenvalue weighted by atomic mass is 16.5. The normalized spacial score (nSPS) is 9.95. The Morgan fingerprint density at radius 2 is 1.84 bits per heavy atom. The summed E-state index contributed by atoms with van der Waals surface area (Å²) in [6.07, 6.45) is 0.263. The van der Waals surface area contributed by atoms with Crippen LogP contribution in [0.25, 0.3) is 0 Å². The maximum Gasteiger partial charge on any atom is 0.228 e. The van der Waals surface area contributed by atoms with Crippen LogP contribution in [0.15, 0.2) is 48.5 Å². The summed E-state index contributed by atoms with van der Waals surface area (Å²) in [5.41, 5.74) is 8.00. The first-order valence-electron chi connectivity index (χ1n) is 5.96. The molecule has 0 unspecified atom stereocenters. The lowest BCUT2D eigenvalue weighted by molar-refractivity contribution is -0.115. The number of nitrogens with two attached hydrogens (primary N) is 1. The van der Waals surface area contributed by atoms with E-state index in [9.17, 15) is 4.79 Å². The van der Waals surface area contributed by atoms with Crippen molar-refractivity contribution in [3.05, 3.63) is 54.1 Å². The zero-order valence-electron chi connectivity index (χ0n) is 10.7. The molecule has 2 aromatic rings. The highest BCUT2D eigenvalue weighted by Gasteiger charge is 2.06. The lowest BCUT2D eigenvalue weighted by atomic mass is 10.1. The summed E-state index contributed by atoms with van der Waals surface area (Å²) in [5, 5.41) is 2.82. The molecule has 0 heterocycles. The topological polar surface area (TPSA) is 64.3 Å². The minimum atomic E-state index is -0.0944. The number of anilines is 2. The predicted molar refractivity (Wildman–Crippen MR) is 76.2 cm³/mol. The first-order chi connectivity index (χ1) is 9.19. The molecule has 1 amide bonds. The Morgan fingerprint density at radius 3 is 2.47 bits per heavy atom. The number of amides is 1. The maximum atomic E-state index is 11.9. The van der Waals surface area contributed by atoms with Gasteiger partial charge < -0.3 is 15.8 Å². The van der Waals surface area contributed by atoms with Crippen LogP contribution in [0.5, 0.6) is 5.75 Å². The largest absolute Gasteiger partial charge is 0.497 e. The van der Waals surface area contributed by atoms with Crippen LogP contribution in [0, 0.1) is 0 Å². The van der Waals surface area contributed by atoms with E-state index in [4.69, 9.17) is 10.5 Å². The van der Waals surface area contributed by atoms with E-state index in [1.165, 1.54) is 0 Å². The van der Waals surface area contributed by atoms with Crippen LogP contribution in [0.1, 0.15) is 5.56 Å². The van der Waals surface area contributed by atoms with Crippen molar-refractivity contribution < 1.29 is 9.53 Å². The Balaban J connectivity index is 1.99. The third-order valence-electron chi connectivity index (χ3n) is 2.78. The van der Waals surface area contributed by atoms with Crippen molar-refractivity contribution in [2.75, 3.05) is 18.2 Å². The van der Waals surface area contributed by atoms with Crippen LogP contribution >= 0.6 is 0 Å². The fraction of sp³-hybridized carbons (Fsp3) is 0.133. The summed E-state index contributed by atoms with van der Waals surface area (Å²) >= 11 is 0. The molecule has 0 aliphatic carbocycles. The molecule has 4 nitrogen and oxygen atoms in total. The number of methoxy groups -OCH3 is 1. The van der Waals surface area contributed by atoms with Crippen molar-refractivity contribution in [2.45, 2.75) is 6.42 Å². The molecule has 0 aliphatic rings. The summed E-state index contributed by atoms with van der Waals surface area (Å²) in [5.74, 6) is 0.661. The number of nitrogens with one attached hydrogen (secondary N) is 1. The standard InChI is InChI=1S/C15H16N2O2/c1-19-13-8-6-12(7-9-13)17-15(18)10-11-4-2-3-5-14(11)16/h2-9H,10,16H2,1H3,(H,17,18). The van der Waals surface area contributed by atoms with E-state index in [0.29, 0.717) is 5.69 Å². The van der Waals surface area contributed by atoms with Gasteiger partial charge in [0.15, 0.2) is 0 Å². The third-order valence-corrected chi connectivity index (χ3v) is 2.78. The number of hydrogen-bond acceptors (Lipinski definition) is 3. The van der Waals surface area contributed by atoms with E-state index < -0.39 is 0 Å². The number of benzene rings is 2. The smallest absolute Gasteiger partial charge is 0.228 e. The van der Waals surface area contributed by atoms with Gasteiger partial charge in [0.25, 0.3) is 0 Å². The number of hydrogen-bond donors (Lipinski definition) is 2. The molecule has 0 saturated heterocycles. The van der Waals surface area contributed by atoms with Crippen LogP contribution in [-0.2, 0) is 11.2 Å². The van der Waals surface area contributed by atoms with Gasteiger partial charge in [-0.3, -0.25) is 4.79 Å². The van der Waals surface area contributed by atoms with Gasteiger partial charge in [0.05, 0.1) is 13.5 Å². The third kappa shape index (κ3) is 3.48. The first-order valence-corrected chi connectivity index (χ1v) is 5.96. The van der Waals surface area contributed by atoms with Gasteiger partial charge in [-0.05, 0) is 35.9 Å². The number of carbonyl (C=O) groups excluding carboxylic acids is 1. The van der Waals surface area contributed by atoms with Gasteiger partial charge >= 0.3 is 0 Å². The molecular weight excluding hydrogens is 240 g/mol. The van der Waals surface area contributed by atoms with Gasteiger partial charge in [0.1, 0.15) is 5.75 Å². The molecule has 0 fully saturated rings. The number of carbonyl (C=O) groups is 1. The fourth-order valence-electron chi connectivity index (χ4n) is 1.75. The summed E-state index contributed by atoms with van der Waals surface area (Å²) in [4.78, 5) is 11.9. The second-order valence-corrected chi connectivity index (χ2v) is 4.15. The van der Waals surface area contributed by atoms with Crippen molar-refractivity contribution in [1.29, 1.82) is 0 Å². The molecule has 2 rings (SSSR count). The number of ether oxygens (including phenoxy) is 1.